The Labute approximate surface area is 154 Å². The molecular formula is C18H28N4O4. The van der Waals surface area contributed by atoms with Gasteiger partial charge in [0.1, 0.15) is 5.56 Å². The van der Waals surface area contributed by atoms with Crippen LogP contribution in [0.15, 0.2) is 24.9 Å². The number of nitrogens with one attached hydrogen (secondary N) is 1. The van der Waals surface area contributed by atoms with Crippen LogP contribution in [-0.4, -0.2) is 47.8 Å². The van der Waals surface area contributed by atoms with Crippen molar-refractivity contribution in [2.24, 2.45) is 11.7 Å². The minimum Gasteiger partial charge on any atom is -0.480 e. The van der Waals surface area contributed by atoms with E-state index in [0.29, 0.717) is 13.1 Å². The fraction of sp³-hybridized carbons (Fsp3) is 0.444. The fourth-order valence-corrected chi connectivity index (χ4v) is 1.98. The van der Waals surface area contributed by atoms with Crippen LogP contribution in [0.5, 0.6) is 5.88 Å². The molecule has 0 aliphatic heterocycles. The summed E-state index contributed by atoms with van der Waals surface area (Å²) in [6, 6.07) is 1.32. The molecule has 0 unspecified atom stereocenters. The van der Waals surface area contributed by atoms with Gasteiger partial charge in [-0.1, -0.05) is 19.9 Å². The average Bonchev–Trinajstić information content (AvgIpc) is 2.59. The molecule has 0 fully saturated rings. The van der Waals surface area contributed by atoms with Crippen molar-refractivity contribution >= 4 is 23.4 Å². The van der Waals surface area contributed by atoms with Crippen molar-refractivity contribution in [2.75, 3.05) is 25.5 Å². The molecule has 0 atom stereocenters. The van der Waals surface area contributed by atoms with Crippen molar-refractivity contribution in [3.05, 3.63) is 30.5 Å². The molecule has 144 valence electrons. The molecule has 8 heteroatoms. The van der Waals surface area contributed by atoms with E-state index in [-0.39, 0.29) is 23.0 Å². The Morgan fingerprint density at radius 1 is 1.42 bits per heavy atom. The normalized spacial score (nSPS) is 9.62. The summed E-state index contributed by atoms with van der Waals surface area (Å²) in [5.41, 5.74) is 5.44. The number of carbonyl (C=O) groups is 3. The molecule has 0 aromatic carbocycles. The number of methoxy groups -OCH3 is 1. The smallest absolute Gasteiger partial charge is 0.313 e. The zero-order chi connectivity index (χ0) is 20.3. The van der Waals surface area contributed by atoms with Gasteiger partial charge in [0.2, 0.25) is 5.88 Å². The van der Waals surface area contributed by atoms with Crippen molar-refractivity contribution in [1.82, 2.24) is 9.88 Å². The molecule has 0 spiro atoms. The SMILES string of the molecule is C=CC.CCN(CC(C)C)C(=O)C(=O)Nc1cnc(OC)c(C(N)=O)c1. The van der Waals surface area contributed by atoms with Gasteiger partial charge in [-0.05, 0) is 25.8 Å². The lowest BCUT2D eigenvalue weighted by atomic mass is 10.2. The summed E-state index contributed by atoms with van der Waals surface area (Å²) in [6.45, 7) is 11.9. The molecule has 0 saturated carbocycles. The molecule has 26 heavy (non-hydrogen) atoms. The molecular weight excluding hydrogens is 336 g/mol. The number of hydrogen-bond donors (Lipinski definition) is 2. The first-order chi connectivity index (χ1) is 12.2. The van der Waals surface area contributed by atoms with Crippen LogP contribution in [0, 0.1) is 5.92 Å². The number of ether oxygens (including phenoxy) is 1. The second-order valence-corrected chi connectivity index (χ2v) is 5.75. The zero-order valence-electron chi connectivity index (χ0n) is 16.0. The predicted octanol–water partition coefficient (Wildman–Crippen LogP) is 1.82. The topological polar surface area (TPSA) is 115 Å². The Bertz CT molecular complexity index is 644. The number of hydrogen-bond acceptors (Lipinski definition) is 5. The Morgan fingerprint density at radius 3 is 2.42 bits per heavy atom. The predicted molar refractivity (Wildman–Crippen MR) is 101 cm³/mol. The number of anilines is 1. The molecule has 0 saturated heterocycles. The number of pyridine rings is 1. The second kappa shape index (κ2) is 11.6. The first-order valence-electron chi connectivity index (χ1n) is 8.22. The van der Waals surface area contributed by atoms with Gasteiger partial charge in [0.05, 0.1) is 19.0 Å². The number of nitrogens with zero attached hydrogens (tertiary/aromatic N) is 2. The van der Waals surface area contributed by atoms with Gasteiger partial charge < -0.3 is 20.7 Å². The minimum atomic E-state index is -0.796. The highest BCUT2D eigenvalue weighted by Gasteiger charge is 2.22. The number of nitrogens with two attached hydrogens (primary N) is 1. The van der Waals surface area contributed by atoms with Crippen molar-refractivity contribution < 1.29 is 19.1 Å². The van der Waals surface area contributed by atoms with Gasteiger partial charge in [-0.15, -0.1) is 6.58 Å². The molecule has 3 amide bonds. The van der Waals surface area contributed by atoms with Crippen LogP contribution in [0.25, 0.3) is 0 Å². The van der Waals surface area contributed by atoms with Gasteiger partial charge in [-0.2, -0.15) is 0 Å². The number of aromatic nitrogens is 1. The molecule has 1 rings (SSSR count). The van der Waals surface area contributed by atoms with Crippen LogP contribution in [-0.2, 0) is 9.59 Å². The highest BCUT2D eigenvalue weighted by molar-refractivity contribution is 6.39. The third-order valence-electron chi connectivity index (χ3n) is 3.02. The van der Waals surface area contributed by atoms with E-state index in [9.17, 15) is 14.4 Å². The quantitative estimate of drug-likeness (QED) is 0.590. The molecule has 3 N–H and O–H groups in total. The Hall–Kier alpha value is -2.90. The van der Waals surface area contributed by atoms with Crippen LogP contribution in [0.3, 0.4) is 0 Å². The average molecular weight is 364 g/mol. The first-order valence-corrected chi connectivity index (χ1v) is 8.22. The molecule has 1 aromatic heterocycles. The summed E-state index contributed by atoms with van der Waals surface area (Å²) < 4.78 is 4.91. The standard InChI is InChI=1S/C15H22N4O4.C3H6/c1-5-19(8-9(2)3)15(22)13(21)18-10-6-11(12(16)20)14(23-4)17-7-10;1-3-2/h6-7,9H,5,8H2,1-4H3,(H2,16,20)(H,18,21);3H,1H2,2H3. The van der Waals surface area contributed by atoms with E-state index >= 15 is 0 Å². The number of amides is 3. The third-order valence-corrected chi connectivity index (χ3v) is 3.02. The largest absolute Gasteiger partial charge is 0.480 e. The summed E-state index contributed by atoms with van der Waals surface area (Å²) in [5.74, 6) is -1.88. The number of rotatable bonds is 6. The van der Waals surface area contributed by atoms with Crippen molar-refractivity contribution in [3.8, 4) is 5.88 Å². The van der Waals surface area contributed by atoms with E-state index in [0.717, 1.165) is 0 Å². The number of likely N-dealkylation sites (N-methyl/N-ethyl adjacent to an activating group) is 1. The molecule has 8 nitrogen and oxygen atoms in total. The second-order valence-electron chi connectivity index (χ2n) is 5.75. The molecule has 0 aliphatic rings. The van der Waals surface area contributed by atoms with E-state index in [4.69, 9.17) is 10.5 Å². The van der Waals surface area contributed by atoms with Crippen LogP contribution >= 0.6 is 0 Å². The lowest BCUT2D eigenvalue weighted by Crippen LogP contribution is -2.41. The van der Waals surface area contributed by atoms with E-state index in [1.807, 2.05) is 20.8 Å². The summed E-state index contributed by atoms with van der Waals surface area (Å²) >= 11 is 0. The fourth-order valence-electron chi connectivity index (χ4n) is 1.98. The number of allylic oxidation sites excluding steroid dienone is 1. The van der Waals surface area contributed by atoms with Crippen LogP contribution in [0.4, 0.5) is 5.69 Å². The van der Waals surface area contributed by atoms with Gasteiger partial charge in [-0.25, -0.2) is 4.98 Å². The molecule has 1 aromatic rings. The zero-order valence-corrected chi connectivity index (χ0v) is 16.0. The van der Waals surface area contributed by atoms with E-state index in [1.54, 1.807) is 13.0 Å². The monoisotopic (exact) mass is 364 g/mol. The maximum absolute atomic E-state index is 12.1. The Kier molecular flexibility index (Phi) is 10.3. The highest BCUT2D eigenvalue weighted by Crippen LogP contribution is 2.18. The van der Waals surface area contributed by atoms with E-state index < -0.39 is 17.7 Å². The number of carbonyl (C=O) groups excluding carboxylic acids is 3. The van der Waals surface area contributed by atoms with Crippen LogP contribution < -0.4 is 15.8 Å². The van der Waals surface area contributed by atoms with Gasteiger partial charge in [0, 0.05) is 13.1 Å². The maximum Gasteiger partial charge on any atom is 0.313 e. The van der Waals surface area contributed by atoms with E-state index in [2.05, 4.69) is 16.9 Å². The van der Waals surface area contributed by atoms with Crippen molar-refractivity contribution in [2.45, 2.75) is 27.7 Å². The van der Waals surface area contributed by atoms with Crippen LogP contribution in [0.1, 0.15) is 38.1 Å². The third kappa shape index (κ3) is 7.33. The van der Waals surface area contributed by atoms with Gasteiger partial charge in [0.25, 0.3) is 5.91 Å². The highest BCUT2D eigenvalue weighted by atomic mass is 16.5. The van der Waals surface area contributed by atoms with Gasteiger partial charge in [0.15, 0.2) is 0 Å². The molecule has 1 heterocycles. The van der Waals surface area contributed by atoms with Crippen LogP contribution in [0.2, 0.25) is 0 Å². The lowest BCUT2D eigenvalue weighted by molar-refractivity contribution is -0.143. The molecule has 0 aliphatic carbocycles. The first kappa shape index (κ1) is 23.1. The minimum absolute atomic E-state index is 0.0206. The maximum atomic E-state index is 12.1. The number of primary amides is 1. The molecule has 0 bridgehead atoms. The summed E-state index contributed by atoms with van der Waals surface area (Å²) in [7, 11) is 1.35. The Balaban J connectivity index is 0.00000194. The van der Waals surface area contributed by atoms with Gasteiger partial charge >= 0.3 is 11.8 Å². The summed E-state index contributed by atoms with van der Waals surface area (Å²) in [4.78, 5) is 40.9. The summed E-state index contributed by atoms with van der Waals surface area (Å²) in [6.07, 6.45) is 3.04. The molecule has 0 radical (unpaired) electrons. The van der Waals surface area contributed by atoms with E-state index in [1.165, 1.54) is 24.3 Å². The summed E-state index contributed by atoms with van der Waals surface area (Å²) in [5, 5.41) is 2.42. The Morgan fingerprint density at radius 2 is 2.00 bits per heavy atom. The van der Waals surface area contributed by atoms with Gasteiger partial charge in [-0.3, -0.25) is 14.4 Å². The lowest BCUT2D eigenvalue weighted by Gasteiger charge is -2.22. The van der Waals surface area contributed by atoms with Crippen molar-refractivity contribution in [3.63, 3.8) is 0 Å². The van der Waals surface area contributed by atoms with Crippen molar-refractivity contribution in [1.29, 1.82) is 0 Å².